The van der Waals surface area contributed by atoms with E-state index in [2.05, 4.69) is 5.32 Å². The second-order valence-corrected chi connectivity index (χ2v) is 4.29. The molecule has 5 heteroatoms. The van der Waals surface area contributed by atoms with Gasteiger partial charge in [-0.15, -0.1) is 0 Å². The van der Waals surface area contributed by atoms with Crippen molar-refractivity contribution in [3.63, 3.8) is 0 Å². The summed E-state index contributed by atoms with van der Waals surface area (Å²) in [4.78, 5) is 11.5. The van der Waals surface area contributed by atoms with E-state index >= 15 is 0 Å². The molecule has 0 aromatic heterocycles. The van der Waals surface area contributed by atoms with Crippen LogP contribution in [0, 0.1) is 23.1 Å². The number of hydrogen-bond donors (Lipinski definition) is 1. The highest BCUT2D eigenvalue weighted by Crippen LogP contribution is 2.16. The molecule has 96 valence electrons. The number of benzene rings is 1. The third kappa shape index (κ3) is 4.01. The third-order valence-electron chi connectivity index (χ3n) is 2.58. The molecule has 0 bridgehead atoms. The predicted molar refractivity (Wildman–Crippen MR) is 67.5 cm³/mol. The van der Waals surface area contributed by atoms with Crippen LogP contribution in [0.1, 0.15) is 18.9 Å². The van der Waals surface area contributed by atoms with Crippen LogP contribution in [0.3, 0.4) is 0 Å². The molecule has 1 aromatic carbocycles. The van der Waals surface area contributed by atoms with Gasteiger partial charge >= 0.3 is 0 Å². The van der Waals surface area contributed by atoms with Crippen LogP contribution < -0.4 is 5.32 Å². The molecular weight excluding hydrogens is 255 g/mol. The standard InChI is InChI=1S/C13H14ClFN2O/c1-2-10(8-16)13(18)17-6-5-9-3-4-12(15)11(14)7-9/h3-4,7,10H,2,5-6H2,1H3,(H,17,18). The highest BCUT2D eigenvalue weighted by Gasteiger charge is 2.14. The Kier molecular flexibility index (Phi) is 5.60. The smallest absolute Gasteiger partial charge is 0.237 e. The number of amides is 1. The predicted octanol–water partition coefficient (Wildman–Crippen LogP) is 2.69. The molecule has 1 atom stereocenters. The van der Waals surface area contributed by atoms with E-state index in [9.17, 15) is 9.18 Å². The van der Waals surface area contributed by atoms with Crippen molar-refractivity contribution in [3.8, 4) is 6.07 Å². The van der Waals surface area contributed by atoms with Crippen LogP contribution in [0.5, 0.6) is 0 Å². The van der Waals surface area contributed by atoms with Crippen molar-refractivity contribution < 1.29 is 9.18 Å². The molecule has 0 saturated carbocycles. The van der Waals surface area contributed by atoms with E-state index in [0.717, 1.165) is 5.56 Å². The van der Waals surface area contributed by atoms with Gasteiger partial charge in [0.25, 0.3) is 0 Å². The summed E-state index contributed by atoms with van der Waals surface area (Å²) in [6, 6.07) is 6.38. The lowest BCUT2D eigenvalue weighted by Gasteiger charge is -2.08. The third-order valence-corrected chi connectivity index (χ3v) is 2.87. The lowest BCUT2D eigenvalue weighted by atomic mass is 10.1. The fourth-order valence-corrected chi connectivity index (χ4v) is 1.69. The SMILES string of the molecule is CCC(C#N)C(=O)NCCc1ccc(F)c(Cl)c1. The maximum atomic E-state index is 12.9. The van der Waals surface area contributed by atoms with Gasteiger partial charge in [-0.25, -0.2) is 4.39 Å². The minimum Gasteiger partial charge on any atom is -0.355 e. The van der Waals surface area contributed by atoms with Gasteiger partial charge in [0.1, 0.15) is 11.7 Å². The van der Waals surface area contributed by atoms with E-state index in [1.54, 1.807) is 13.0 Å². The summed E-state index contributed by atoms with van der Waals surface area (Å²) >= 11 is 5.65. The fraction of sp³-hybridized carbons (Fsp3) is 0.385. The Balaban J connectivity index is 2.45. The average molecular weight is 269 g/mol. The molecule has 0 saturated heterocycles. The molecule has 1 aromatic rings. The number of nitriles is 1. The molecule has 0 spiro atoms. The Hall–Kier alpha value is -1.60. The second kappa shape index (κ2) is 6.97. The number of halogens is 2. The van der Waals surface area contributed by atoms with E-state index in [4.69, 9.17) is 16.9 Å². The molecule has 18 heavy (non-hydrogen) atoms. The van der Waals surface area contributed by atoms with Crippen molar-refractivity contribution in [1.82, 2.24) is 5.32 Å². The van der Waals surface area contributed by atoms with Crippen LogP contribution in [0.15, 0.2) is 18.2 Å². The van der Waals surface area contributed by atoms with E-state index in [0.29, 0.717) is 19.4 Å². The minimum absolute atomic E-state index is 0.0716. The summed E-state index contributed by atoms with van der Waals surface area (Å²) in [5.74, 6) is -1.34. The molecule has 0 aliphatic heterocycles. The molecule has 0 aliphatic rings. The molecule has 1 amide bonds. The number of hydrogen-bond acceptors (Lipinski definition) is 2. The number of carbonyl (C=O) groups excluding carboxylic acids is 1. The van der Waals surface area contributed by atoms with Gasteiger partial charge in [0, 0.05) is 6.54 Å². The first kappa shape index (κ1) is 14.5. The summed E-state index contributed by atoms with van der Waals surface area (Å²) in [5, 5.41) is 11.5. The fourth-order valence-electron chi connectivity index (χ4n) is 1.48. The first-order valence-electron chi connectivity index (χ1n) is 5.69. The Morgan fingerprint density at radius 3 is 2.89 bits per heavy atom. The number of nitrogens with one attached hydrogen (secondary N) is 1. The number of rotatable bonds is 5. The molecule has 1 N–H and O–H groups in total. The zero-order chi connectivity index (χ0) is 13.5. The topological polar surface area (TPSA) is 52.9 Å². The van der Waals surface area contributed by atoms with Crippen molar-refractivity contribution in [1.29, 1.82) is 5.26 Å². The zero-order valence-electron chi connectivity index (χ0n) is 10.0. The first-order valence-corrected chi connectivity index (χ1v) is 6.07. The molecule has 3 nitrogen and oxygen atoms in total. The van der Waals surface area contributed by atoms with Gasteiger partial charge in [0.15, 0.2) is 0 Å². The largest absolute Gasteiger partial charge is 0.355 e. The van der Waals surface area contributed by atoms with Crippen molar-refractivity contribution in [2.75, 3.05) is 6.54 Å². The first-order chi connectivity index (χ1) is 8.58. The lowest BCUT2D eigenvalue weighted by Crippen LogP contribution is -2.31. The van der Waals surface area contributed by atoms with Gasteiger partial charge in [-0.05, 0) is 30.5 Å². The van der Waals surface area contributed by atoms with Crippen LogP contribution in [-0.2, 0) is 11.2 Å². The Labute approximate surface area is 111 Å². The normalized spacial score (nSPS) is 11.7. The number of nitrogens with zero attached hydrogens (tertiary/aromatic N) is 1. The minimum atomic E-state index is -0.609. The average Bonchev–Trinajstić information content (AvgIpc) is 2.35. The zero-order valence-corrected chi connectivity index (χ0v) is 10.8. The van der Waals surface area contributed by atoms with Crippen LogP contribution >= 0.6 is 11.6 Å². The molecule has 0 radical (unpaired) electrons. The van der Waals surface area contributed by atoms with Crippen LogP contribution in [0.2, 0.25) is 5.02 Å². The maximum absolute atomic E-state index is 12.9. The molecule has 1 rings (SSSR count). The van der Waals surface area contributed by atoms with Gasteiger partial charge in [0.2, 0.25) is 5.91 Å². The van der Waals surface area contributed by atoms with Crippen molar-refractivity contribution >= 4 is 17.5 Å². The summed E-state index contributed by atoms with van der Waals surface area (Å²) in [5.41, 5.74) is 0.840. The lowest BCUT2D eigenvalue weighted by molar-refractivity contribution is -0.123. The van der Waals surface area contributed by atoms with E-state index < -0.39 is 11.7 Å². The summed E-state index contributed by atoms with van der Waals surface area (Å²) < 4.78 is 12.9. The summed E-state index contributed by atoms with van der Waals surface area (Å²) in [6.07, 6.45) is 1.04. The second-order valence-electron chi connectivity index (χ2n) is 3.88. The summed E-state index contributed by atoms with van der Waals surface area (Å²) in [7, 11) is 0. The summed E-state index contributed by atoms with van der Waals surface area (Å²) in [6.45, 7) is 2.19. The molecule has 0 heterocycles. The van der Waals surface area contributed by atoms with E-state index in [1.165, 1.54) is 12.1 Å². The highest BCUT2D eigenvalue weighted by atomic mass is 35.5. The van der Waals surface area contributed by atoms with Gasteiger partial charge in [-0.3, -0.25) is 4.79 Å². The quantitative estimate of drug-likeness (QED) is 0.893. The molecular formula is C13H14ClFN2O. The Morgan fingerprint density at radius 2 is 2.33 bits per heavy atom. The monoisotopic (exact) mass is 268 g/mol. The highest BCUT2D eigenvalue weighted by molar-refractivity contribution is 6.30. The molecule has 0 aliphatic carbocycles. The van der Waals surface area contributed by atoms with Crippen molar-refractivity contribution in [2.45, 2.75) is 19.8 Å². The van der Waals surface area contributed by atoms with E-state index in [1.807, 2.05) is 6.07 Å². The van der Waals surface area contributed by atoms with Crippen LogP contribution in [0.25, 0.3) is 0 Å². The Bertz CT molecular complexity index is 471. The van der Waals surface area contributed by atoms with E-state index in [-0.39, 0.29) is 10.9 Å². The molecule has 0 fully saturated rings. The maximum Gasteiger partial charge on any atom is 0.237 e. The van der Waals surface area contributed by atoms with Crippen molar-refractivity contribution in [2.24, 2.45) is 5.92 Å². The number of carbonyl (C=O) groups is 1. The van der Waals surface area contributed by atoms with Gasteiger partial charge in [-0.2, -0.15) is 5.26 Å². The van der Waals surface area contributed by atoms with Gasteiger partial charge < -0.3 is 5.32 Å². The van der Waals surface area contributed by atoms with Crippen molar-refractivity contribution in [3.05, 3.63) is 34.6 Å². The van der Waals surface area contributed by atoms with Crippen LogP contribution in [-0.4, -0.2) is 12.5 Å². The molecule has 1 unspecified atom stereocenters. The van der Waals surface area contributed by atoms with Gasteiger partial charge in [0.05, 0.1) is 11.1 Å². The Morgan fingerprint density at radius 1 is 1.61 bits per heavy atom. The van der Waals surface area contributed by atoms with Gasteiger partial charge in [-0.1, -0.05) is 24.6 Å². The van der Waals surface area contributed by atoms with Crippen LogP contribution in [0.4, 0.5) is 4.39 Å².